The van der Waals surface area contributed by atoms with Crippen LogP contribution >= 0.6 is 0 Å². The number of anilines is 1. The molecule has 3 aromatic rings. The molecule has 4 heterocycles. The van der Waals surface area contributed by atoms with Gasteiger partial charge in [-0.1, -0.05) is 17.3 Å². The molecule has 1 aliphatic carbocycles. The first-order valence-electron chi connectivity index (χ1n) is 12.6. The zero-order valence-electron chi connectivity index (χ0n) is 20.0. The summed E-state index contributed by atoms with van der Waals surface area (Å²) in [5.74, 6) is 2.75. The highest BCUT2D eigenvalue weighted by Crippen LogP contribution is 2.29. The fourth-order valence-electron chi connectivity index (χ4n) is 5.36. The van der Waals surface area contributed by atoms with E-state index in [0.717, 1.165) is 86.9 Å². The van der Waals surface area contributed by atoms with Gasteiger partial charge < -0.3 is 19.1 Å². The molecular formula is C27H31N5O3. The first kappa shape index (κ1) is 22.1. The molecule has 8 heteroatoms. The molecule has 6 rings (SSSR count). The van der Waals surface area contributed by atoms with Crippen LogP contribution in [0.25, 0.3) is 0 Å². The Labute approximate surface area is 205 Å². The number of hydrogen-bond acceptors (Lipinski definition) is 7. The summed E-state index contributed by atoms with van der Waals surface area (Å²) in [7, 11) is 0. The molecule has 35 heavy (non-hydrogen) atoms. The summed E-state index contributed by atoms with van der Waals surface area (Å²) in [6.45, 7) is 6.35. The maximum absolute atomic E-state index is 13.4. The molecule has 8 nitrogen and oxygen atoms in total. The highest BCUT2D eigenvalue weighted by molar-refractivity contribution is 5.94. The molecule has 0 spiro atoms. The van der Waals surface area contributed by atoms with Crippen molar-refractivity contribution in [3.05, 3.63) is 70.7 Å². The van der Waals surface area contributed by atoms with Gasteiger partial charge >= 0.3 is 0 Å². The van der Waals surface area contributed by atoms with E-state index < -0.39 is 0 Å². The second-order valence-electron chi connectivity index (χ2n) is 9.61. The Balaban J connectivity index is 1.12. The van der Waals surface area contributed by atoms with Gasteiger partial charge in [0.05, 0.1) is 6.54 Å². The zero-order valence-corrected chi connectivity index (χ0v) is 20.0. The van der Waals surface area contributed by atoms with E-state index in [1.807, 2.05) is 23.2 Å². The number of hydrogen-bond donors (Lipinski definition) is 0. The van der Waals surface area contributed by atoms with Crippen molar-refractivity contribution in [3.63, 3.8) is 0 Å². The fraction of sp³-hybridized carbons (Fsp3) is 0.444. The van der Waals surface area contributed by atoms with Gasteiger partial charge in [-0.2, -0.15) is 0 Å². The van der Waals surface area contributed by atoms with Crippen molar-refractivity contribution in [2.45, 2.75) is 38.8 Å². The summed E-state index contributed by atoms with van der Waals surface area (Å²) in [6.07, 6.45) is 5.78. The lowest BCUT2D eigenvalue weighted by Gasteiger charge is -2.35. The van der Waals surface area contributed by atoms with Crippen LogP contribution in [0.15, 0.2) is 47.1 Å². The lowest BCUT2D eigenvalue weighted by molar-refractivity contribution is 0.0721. The maximum Gasteiger partial charge on any atom is 0.276 e. The number of benzene rings is 1. The van der Waals surface area contributed by atoms with E-state index >= 15 is 0 Å². The molecule has 1 saturated heterocycles. The molecule has 1 amide bonds. The van der Waals surface area contributed by atoms with Gasteiger partial charge in [0.25, 0.3) is 5.91 Å². The Hall–Kier alpha value is -3.39. The second-order valence-corrected chi connectivity index (χ2v) is 9.61. The standard InChI is InChI=1S/C27H31N5O3/c33-27(26-22-5-1-2-6-24(22)35-29-26)32-15-16-34-23-9-8-20(17-21(23)19-32)18-30-11-13-31(14-12-30)25-7-3-4-10-28-25/h3-4,7-10,17H,1-2,5-6,11-16,18-19H2. The smallest absolute Gasteiger partial charge is 0.276 e. The minimum atomic E-state index is -0.0515. The number of nitrogens with zero attached hydrogens (tertiary/aromatic N) is 5. The van der Waals surface area contributed by atoms with Gasteiger partial charge in [0, 0.05) is 63.0 Å². The van der Waals surface area contributed by atoms with Gasteiger partial charge in [-0.25, -0.2) is 4.98 Å². The van der Waals surface area contributed by atoms with Crippen LogP contribution in [0.5, 0.6) is 5.75 Å². The summed E-state index contributed by atoms with van der Waals surface area (Å²) < 4.78 is 11.5. The molecule has 0 atom stereocenters. The van der Waals surface area contributed by atoms with Gasteiger partial charge in [-0.15, -0.1) is 0 Å². The summed E-state index contributed by atoms with van der Waals surface area (Å²) >= 11 is 0. The first-order valence-corrected chi connectivity index (χ1v) is 12.6. The Kier molecular flexibility index (Phi) is 6.12. The van der Waals surface area contributed by atoms with Crippen molar-refractivity contribution in [2.75, 3.05) is 44.2 Å². The predicted molar refractivity (Wildman–Crippen MR) is 132 cm³/mol. The number of aromatic nitrogens is 2. The molecule has 0 unspecified atom stereocenters. The number of rotatable bonds is 4. The Bertz CT molecular complexity index is 1190. The van der Waals surface area contributed by atoms with Crippen LogP contribution in [0.1, 0.15) is 45.8 Å². The SMILES string of the molecule is O=C(c1noc2c1CCCC2)N1CCOc2ccc(CN3CCN(c4ccccn4)CC3)cc2C1. The third kappa shape index (κ3) is 4.62. The van der Waals surface area contributed by atoms with Crippen molar-refractivity contribution < 1.29 is 14.1 Å². The van der Waals surface area contributed by atoms with Crippen LogP contribution in [-0.4, -0.2) is 65.2 Å². The van der Waals surface area contributed by atoms with E-state index in [9.17, 15) is 4.79 Å². The van der Waals surface area contributed by atoms with Crippen LogP contribution in [0.2, 0.25) is 0 Å². The largest absolute Gasteiger partial charge is 0.491 e. The minimum Gasteiger partial charge on any atom is -0.491 e. The molecule has 182 valence electrons. The van der Waals surface area contributed by atoms with Crippen LogP contribution in [0.3, 0.4) is 0 Å². The quantitative estimate of drug-likeness (QED) is 0.576. The number of aryl methyl sites for hydroxylation is 1. The Morgan fingerprint density at radius 3 is 2.74 bits per heavy atom. The summed E-state index contributed by atoms with van der Waals surface area (Å²) in [5, 5.41) is 4.16. The molecule has 2 aliphatic heterocycles. The zero-order chi connectivity index (χ0) is 23.6. The molecule has 0 N–H and O–H groups in total. The molecule has 0 bridgehead atoms. The number of piperazine rings is 1. The molecular weight excluding hydrogens is 442 g/mol. The molecule has 3 aliphatic rings. The number of carbonyl (C=O) groups is 1. The van der Waals surface area contributed by atoms with Gasteiger partial charge in [-0.3, -0.25) is 9.69 Å². The molecule has 1 fully saturated rings. The number of amides is 1. The highest BCUT2D eigenvalue weighted by atomic mass is 16.5. The van der Waals surface area contributed by atoms with Crippen molar-refractivity contribution in [3.8, 4) is 5.75 Å². The van der Waals surface area contributed by atoms with Crippen LogP contribution in [0, 0.1) is 0 Å². The summed E-state index contributed by atoms with van der Waals surface area (Å²) in [5.41, 5.74) is 3.79. The van der Waals surface area contributed by atoms with E-state index in [4.69, 9.17) is 9.26 Å². The van der Waals surface area contributed by atoms with E-state index in [1.165, 1.54) is 5.56 Å². The summed E-state index contributed by atoms with van der Waals surface area (Å²) in [4.78, 5) is 24.5. The van der Waals surface area contributed by atoms with Crippen molar-refractivity contribution >= 4 is 11.7 Å². The van der Waals surface area contributed by atoms with Crippen LogP contribution in [0.4, 0.5) is 5.82 Å². The number of pyridine rings is 1. The Morgan fingerprint density at radius 1 is 1.00 bits per heavy atom. The normalized spacial score (nSPS) is 18.4. The number of fused-ring (bicyclic) bond motifs is 2. The molecule has 2 aromatic heterocycles. The molecule has 0 radical (unpaired) electrons. The van der Waals surface area contributed by atoms with Crippen LogP contribution < -0.4 is 9.64 Å². The van der Waals surface area contributed by atoms with Crippen molar-refractivity contribution in [1.82, 2.24) is 19.9 Å². The maximum atomic E-state index is 13.4. The average Bonchev–Trinajstić information content (AvgIpc) is 3.22. The molecule has 1 aromatic carbocycles. The molecule has 0 saturated carbocycles. The summed E-state index contributed by atoms with van der Waals surface area (Å²) in [6, 6.07) is 12.5. The van der Waals surface area contributed by atoms with Crippen LogP contribution in [-0.2, 0) is 25.9 Å². The van der Waals surface area contributed by atoms with Gasteiger partial charge in [-0.05, 0) is 49.1 Å². The van der Waals surface area contributed by atoms with E-state index in [2.05, 4.69) is 44.2 Å². The van der Waals surface area contributed by atoms with Gasteiger partial charge in [0.1, 0.15) is 23.9 Å². The number of ether oxygens (including phenoxy) is 1. The Morgan fingerprint density at radius 2 is 1.89 bits per heavy atom. The lowest BCUT2D eigenvalue weighted by atomic mass is 9.96. The first-order chi connectivity index (χ1) is 17.2. The second kappa shape index (κ2) is 9.70. The van der Waals surface area contributed by atoms with E-state index in [1.54, 1.807) is 0 Å². The average molecular weight is 474 g/mol. The predicted octanol–water partition coefficient (Wildman–Crippen LogP) is 3.31. The van der Waals surface area contributed by atoms with E-state index in [-0.39, 0.29) is 5.91 Å². The topological polar surface area (TPSA) is 74.9 Å². The van der Waals surface area contributed by atoms with E-state index in [0.29, 0.717) is 25.4 Å². The van der Waals surface area contributed by atoms with Crippen molar-refractivity contribution in [2.24, 2.45) is 0 Å². The third-order valence-corrected chi connectivity index (χ3v) is 7.30. The van der Waals surface area contributed by atoms with Gasteiger partial charge in [0.2, 0.25) is 0 Å². The highest BCUT2D eigenvalue weighted by Gasteiger charge is 2.29. The lowest BCUT2D eigenvalue weighted by Crippen LogP contribution is -2.46. The minimum absolute atomic E-state index is 0.0515. The van der Waals surface area contributed by atoms with Crippen molar-refractivity contribution in [1.29, 1.82) is 0 Å². The monoisotopic (exact) mass is 473 g/mol. The number of carbonyl (C=O) groups excluding carboxylic acids is 1. The third-order valence-electron chi connectivity index (χ3n) is 7.30. The van der Waals surface area contributed by atoms with Gasteiger partial charge in [0.15, 0.2) is 5.69 Å². The fourth-order valence-corrected chi connectivity index (χ4v) is 5.36.